The van der Waals surface area contributed by atoms with Crippen molar-refractivity contribution in [2.24, 2.45) is 5.92 Å². The van der Waals surface area contributed by atoms with Crippen LogP contribution in [0.25, 0.3) is 10.8 Å². The highest BCUT2D eigenvalue weighted by Gasteiger charge is 2.13. The number of aromatic amines is 1. The first kappa shape index (κ1) is 12.2. The van der Waals surface area contributed by atoms with Gasteiger partial charge in [0.25, 0.3) is 5.56 Å². The van der Waals surface area contributed by atoms with Gasteiger partial charge in [-0.05, 0) is 30.8 Å². The smallest absolute Gasteiger partial charge is 0.258 e. The van der Waals surface area contributed by atoms with Crippen molar-refractivity contribution in [3.8, 4) is 5.88 Å². The molecule has 1 aliphatic heterocycles. The average molecular weight is 258 g/mol. The molecule has 0 spiro atoms. The molecule has 0 radical (unpaired) electrons. The Morgan fingerprint density at radius 1 is 1.32 bits per heavy atom. The van der Waals surface area contributed by atoms with Gasteiger partial charge < -0.3 is 10.1 Å². The van der Waals surface area contributed by atoms with E-state index in [0.29, 0.717) is 23.8 Å². The van der Waals surface area contributed by atoms with Crippen LogP contribution in [-0.2, 0) is 0 Å². The predicted octanol–water partition coefficient (Wildman–Crippen LogP) is 1.91. The van der Waals surface area contributed by atoms with E-state index in [1.807, 2.05) is 30.3 Å². The van der Waals surface area contributed by atoms with E-state index >= 15 is 0 Å². The Kier molecular flexibility index (Phi) is 3.51. The summed E-state index contributed by atoms with van der Waals surface area (Å²) in [6.07, 6.45) is 2.38. The van der Waals surface area contributed by atoms with Gasteiger partial charge in [0.2, 0.25) is 0 Å². The lowest BCUT2D eigenvalue weighted by Crippen LogP contribution is -2.33. The van der Waals surface area contributed by atoms with E-state index in [0.717, 1.165) is 18.5 Å². The highest BCUT2D eigenvalue weighted by Crippen LogP contribution is 2.16. The number of aromatic nitrogens is 1. The number of hydrogen-bond donors (Lipinski definition) is 2. The van der Waals surface area contributed by atoms with Crippen LogP contribution in [0.4, 0.5) is 0 Å². The molecule has 0 aliphatic carbocycles. The van der Waals surface area contributed by atoms with Crippen molar-refractivity contribution >= 4 is 10.8 Å². The van der Waals surface area contributed by atoms with Crippen molar-refractivity contribution in [3.63, 3.8) is 0 Å². The maximum Gasteiger partial charge on any atom is 0.258 e. The topological polar surface area (TPSA) is 54.1 Å². The van der Waals surface area contributed by atoms with Gasteiger partial charge in [-0.15, -0.1) is 0 Å². The average Bonchev–Trinajstić information content (AvgIpc) is 2.46. The zero-order chi connectivity index (χ0) is 13.1. The highest BCUT2D eigenvalue weighted by atomic mass is 16.5. The van der Waals surface area contributed by atoms with Crippen LogP contribution in [0.5, 0.6) is 5.88 Å². The fraction of sp³-hybridized carbons (Fsp3) is 0.400. The molecule has 0 bridgehead atoms. The van der Waals surface area contributed by atoms with Crippen LogP contribution in [0.3, 0.4) is 0 Å². The second kappa shape index (κ2) is 5.45. The molecule has 1 aromatic carbocycles. The summed E-state index contributed by atoms with van der Waals surface area (Å²) >= 11 is 0. The van der Waals surface area contributed by atoms with E-state index in [1.165, 1.54) is 12.8 Å². The lowest BCUT2D eigenvalue weighted by Gasteiger charge is -2.22. The van der Waals surface area contributed by atoms with Gasteiger partial charge in [0.15, 0.2) is 5.88 Å². The Hall–Kier alpha value is -1.81. The lowest BCUT2D eigenvalue weighted by molar-refractivity contribution is 0.212. The number of rotatable bonds is 3. The van der Waals surface area contributed by atoms with E-state index in [1.54, 1.807) is 0 Å². The summed E-state index contributed by atoms with van der Waals surface area (Å²) in [7, 11) is 0. The molecule has 4 heteroatoms. The molecule has 1 aliphatic rings. The SMILES string of the molecule is O=c1[nH]c(OCC2CCCNC2)cc2ccccc12. The van der Waals surface area contributed by atoms with Crippen LogP contribution in [0, 0.1) is 5.92 Å². The van der Waals surface area contributed by atoms with Crippen LogP contribution in [0.2, 0.25) is 0 Å². The highest BCUT2D eigenvalue weighted by molar-refractivity contribution is 5.82. The zero-order valence-corrected chi connectivity index (χ0v) is 10.8. The monoisotopic (exact) mass is 258 g/mol. The van der Waals surface area contributed by atoms with Gasteiger partial charge in [-0.3, -0.25) is 9.78 Å². The van der Waals surface area contributed by atoms with Crippen molar-refractivity contribution in [1.29, 1.82) is 0 Å². The molecule has 4 nitrogen and oxygen atoms in total. The number of nitrogens with one attached hydrogen (secondary N) is 2. The maximum atomic E-state index is 11.9. The molecule has 19 heavy (non-hydrogen) atoms. The summed E-state index contributed by atoms with van der Waals surface area (Å²) in [5.74, 6) is 1.10. The van der Waals surface area contributed by atoms with Crippen molar-refractivity contribution in [3.05, 3.63) is 40.7 Å². The quantitative estimate of drug-likeness (QED) is 0.884. The molecule has 0 saturated carbocycles. The molecule has 100 valence electrons. The van der Waals surface area contributed by atoms with Crippen molar-refractivity contribution in [2.45, 2.75) is 12.8 Å². The predicted molar refractivity (Wildman–Crippen MR) is 75.7 cm³/mol. The third-order valence-corrected chi connectivity index (χ3v) is 3.60. The number of fused-ring (bicyclic) bond motifs is 1. The first-order chi connectivity index (χ1) is 9.33. The summed E-state index contributed by atoms with van der Waals surface area (Å²) in [5, 5.41) is 4.98. The second-order valence-electron chi connectivity index (χ2n) is 5.07. The number of piperidine rings is 1. The Morgan fingerprint density at radius 3 is 3.05 bits per heavy atom. The van der Waals surface area contributed by atoms with E-state index in [4.69, 9.17) is 4.74 Å². The molecule has 2 N–H and O–H groups in total. The Balaban J connectivity index is 1.75. The van der Waals surface area contributed by atoms with Crippen LogP contribution in [0.15, 0.2) is 35.1 Å². The summed E-state index contributed by atoms with van der Waals surface area (Å²) in [6.45, 7) is 2.75. The number of H-pyrrole nitrogens is 1. The summed E-state index contributed by atoms with van der Waals surface area (Å²) in [6, 6.07) is 9.44. The molecule has 1 fully saturated rings. The molecule has 1 aromatic heterocycles. The van der Waals surface area contributed by atoms with Gasteiger partial charge >= 0.3 is 0 Å². The Morgan fingerprint density at radius 2 is 2.21 bits per heavy atom. The van der Waals surface area contributed by atoms with Crippen molar-refractivity contribution < 1.29 is 4.74 Å². The molecule has 2 heterocycles. The summed E-state index contributed by atoms with van der Waals surface area (Å²) in [5.41, 5.74) is -0.0881. The molecular weight excluding hydrogens is 240 g/mol. The van der Waals surface area contributed by atoms with Gasteiger partial charge in [0.05, 0.1) is 6.61 Å². The minimum Gasteiger partial charge on any atom is -0.479 e. The second-order valence-corrected chi connectivity index (χ2v) is 5.07. The van der Waals surface area contributed by atoms with Gasteiger partial charge in [-0.1, -0.05) is 18.2 Å². The van der Waals surface area contributed by atoms with Crippen molar-refractivity contribution in [1.82, 2.24) is 10.3 Å². The van der Waals surface area contributed by atoms with E-state index in [-0.39, 0.29) is 5.56 Å². The minimum absolute atomic E-state index is 0.0881. The first-order valence-electron chi connectivity index (χ1n) is 6.78. The van der Waals surface area contributed by atoms with Gasteiger partial charge in [0.1, 0.15) is 0 Å². The van der Waals surface area contributed by atoms with Gasteiger partial charge in [-0.25, -0.2) is 0 Å². The molecule has 0 amide bonds. The minimum atomic E-state index is -0.0881. The van der Waals surface area contributed by atoms with Gasteiger partial charge in [0, 0.05) is 23.9 Å². The zero-order valence-electron chi connectivity index (χ0n) is 10.8. The molecular formula is C15H18N2O2. The maximum absolute atomic E-state index is 11.9. The van der Waals surface area contributed by atoms with E-state index < -0.39 is 0 Å². The number of benzene rings is 1. The largest absolute Gasteiger partial charge is 0.479 e. The summed E-state index contributed by atoms with van der Waals surface area (Å²) in [4.78, 5) is 14.7. The lowest BCUT2D eigenvalue weighted by atomic mass is 10.0. The first-order valence-corrected chi connectivity index (χ1v) is 6.78. The van der Waals surface area contributed by atoms with Crippen LogP contribution in [0.1, 0.15) is 12.8 Å². The van der Waals surface area contributed by atoms with Crippen LogP contribution < -0.4 is 15.6 Å². The molecule has 1 atom stereocenters. The van der Waals surface area contributed by atoms with Crippen molar-refractivity contribution in [2.75, 3.05) is 19.7 Å². The van der Waals surface area contributed by atoms with Crippen LogP contribution >= 0.6 is 0 Å². The standard InChI is InChI=1S/C15H18N2O2/c18-15-13-6-2-1-5-12(13)8-14(17-15)19-10-11-4-3-7-16-9-11/h1-2,5-6,8,11,16H,3-4,7,9-10H2,(H,17,18). The number of hydrogen-bond acceptors (Lipinski definition) is 3. The normalized spacial score (nSPS) is 19.5. The van der Waals surface area contributed by atoms with E-state index in [9.17, 15) is 4.79 Å². The number of pyridine rings is 1. The third-order valence-electron chi connectivity index (χ3n) is 3.60. The molecule has 3 rings (SSSR count). The van der Waals surface area contributed by atoms with Gasteiger partial charge in [-0.2, -0.15) is 0 Å². The van der Waals surface area contributed by atoms with E-state index in [2.05, 4.69) is 10.3 Å². The molecule has 1 unspecified atom stereocenters. The fourth-order valence-electron chi connectivity index (χ4n) is 2.54. The molecule has 1 saturated heterocycles. The summed E-state index contributed by atoms with van der Waals surface area (Å²) < 4.78 is 5.74. The Labute approximate surface area is 111 Å². The number of ether oxygens (including phenoxy) is 1. The Bertz CT molecular complexity index is 615. The molecule has 2 aromatic rings. The fourth-order valence-corrected chi connectivity index (χ4v) is 2.54. The third kappa shape index (κ3) is 2.79. The van der Waals surface area contributed by atoms with Crippen LogP contribution in [-0.4, -0.2) is 24.7 Å².